The molecule has 0 bridgehead atoms. The number of ether oxygens (including phenoxy) is 2. The normalized spacial score (nSPS) is 10.3. The van der Waals surface area contributed by atoms with E-state index in [-0.39, 0.29) is 0 Å². The first-order chi connectivity index (χ1) is 9.22. The van der Waals surface area contributed by atoms with Crippen molar-refractivity contribution in [3.8, 4) is 17.4 Å². The van der Waals surface area contributed by atoms with Crippen LogP contribution in [0.1, 0.15) is 11.3 Å². The largest absolute Gasteiger partial charge is 0.493 e. The highest BCUT2D eigenvalue weighted by Crippen LogP contribution is 2.31. The lowest BCUT2D eigenvalue weighted by Gasteiger charge is -2.11. The molecule has 1 N–H and O–H groups in total. The Morgan fingerprint density at radius 3 is 2.74 bits per heavy atom. The monoisotopic (exact) mass is 258 g/mol. The van der Waals surface area contributed by atoms with Gasteiger partial charge in [-0.05, 0) is 37.7 Å². The zero-order chi connectivity index (χ0) is 13.7. The predicted molar refractivity (Wildman–Crippen MR) is 74.8 cm³/mol. The molecule has 2 rings (SSSR count). The number of hydrogen-bond acceptors (Lipinski definition) is 4. The van der Waals surface area contributed by atoms with Gasteiger partial charge in [0.25, 0.3) is 0 Å². The van der Waals surface area contributed by atoms with Gasteiger partial charge in [0.2, 0.25) is 5.88 Å². The Hall–Kier alpha value is -2.07. The summed E-state index contributed by atoms with van der Waals surface area (Å²) in [5.74, 6) is 1.94. The Morgan fingerprint density at radius 2 is 2.00 bits per heavy atom. The van der Waals surface area contributed by atoms with E-state index >= 15 is 0 Å². The predicted octanol–water partition coefficient (Wildman–Crippen LogP) is 2.91. The van der Waals surface area contributed by atoms with Gasteiger partial charge in [-0.2, -0.15) is 0 Å². The van der Waals surface area contributed by atoms with Crippen molar-refractivity contribution in [2.24, 2.45) is 0 Å². The zero-order valence-electron chi connectivity index (χ0n) is 11.4. The van der Waals surface area contributed by atoms with Crippen molar-refractivity contribution in [3.05, 3.63) is 47.7 Å². The Kier molecular flexibility index (Phi) is 4.36. The third-order valence-electron chi connectivity index (χ3n) is 2.67. The Morgan fingerprint density at radius 1 is 1.16 bits per heavy atom. The van der Waals surface area contributed by atoms with Crippen molar-refractivity contribution < 1.29 is 9.47 Å². The molecule has 0 radical (unpaired) electrons. The highest BCUT2D eigenvalue weighted by atomic mass is 16.5. The molecule has 0 aliphatic carbocycles. The molecular weight excluding hydrogens is 240 g/mol. The number of rotatable bonds is 5. The molecule has 2 aromatic rings. The minimum absolute atomic E-state index is 0.565. The van der Waals surface area contributed by atoms with Crippen LogP contribution in [0.3, 0.4) is 0 Å². The number of hydrogen-bond donors (Lipinski definition) is 1. The number of aryl methyl sites for hydroxylation is 1. The molecule has 0 aliphatic rings. The molecule has 1 aromatic carbocycles. The van der Waals surface area contributed by atoms with Gasteiger partial charge >= 0.3 is 0 Å². The van der Waals surface area contributed by atoms with Gasteiger partial charge in [-0.3, -0.25) is 0 Å². The maximum atomic E-state index is 5.78. The maximum Gasteiger partial charge on any atom is 0.219 e. The summed E-state index contributed by atoms with van der Waals surface area (Å²) < 4.78 is 11.1. The van der Waals surface area contributed by atoms with Crippen LogP contribution in [-0.4, -0.2) is 19.1 Å². The van der Waals surface area contributed by atoms with Gasteiger partial charge in [-0.15, -0.1) is 0 Å². The lowest BCUT2D eigenvalue weighted by atomic mass is 10.2. The standard InChI is InChI=1S/C15H18N2O2/c1-11-7-8-13(14(9-11)18-3)19-15-6-4-5-12(17-15)10-16-2/h4-9,16H,10H2,1-3H3. The zero-order valence-corrected chi connectivity index (χ0v) is 11.4. The summed E-state index contributed by atoms with van der Waals surface area (Å²) in [6.07, 6.45) is 0. The second kappa shape index (κ2) is 6.20. The lowest BCUT2D eigenvalue weighted by Crippen LogP contribution is -2.07. The fraction of sp³-hybridized carbons (Fsp3) is 0.267. The Bertz CT molecular complexity index is 556. The molecule has 0 saturated heterocycles. The van der Waals surface area contributed by atoms with Crippen LogP contribution < -0.4 is 14.8 Å². The summed E-state index contributed by atoms with van der Waals surface area (Å²) in [4.78, 5) is 4.42. The number of aromatic nitrogens is 1. The molecule has 4 nitrogen and oxygen atoms in total. The average Bonchev–Trinajstić information content (AvgIpc) is 2.41. The fourth-order valence-corrected chi connectivity index (χ4v) is 1.77. The molecule has 1 heterocycles. The van der Waals surface area contributed by atoms with E-state index < -0.39 is 0 Å². The first-order valence-corrected chi connectivity index (χ1v) is 6.16. The van der Waals surface area contributed by atoms with Crippen LogP contribution in [-0.2, 0) is 6.54 Å². The Balaban J connectivity index is 2.23. The summed E-state index contributed by atoms with van der Waals surface area (Å²) >= 11 is 0. The smallest absolute Gasteiger partial charge is 0.219 e. The molecule has 1 aromatic heterocycles. The van der Waals surface area contributed by atoms with Gasteiger partial charge in [-0.1, -0.05) is 12.1 Å². The van der Waals surface area contributed by atoms with Crippen molar-refractivity contribution >= 4 is 0 Å². The molecule has 0 spiro atoms. The van der Waals surface area contributed by atoms with Gasteiger partial charge in [0, 0.05) is 12.6 Å². The number of pyridine rings is 1. The first-order valence-electron chi connectivity index (χ1n) is 6.16. The average molecular weight is 258 g/mol. The minimum Gasteiger partial charge on any atom is -0.493 e. The summed E-state index contributed by atoms with van der Waals surface area (Å²) in [5, 5.41) is 3.06. The molecule has 0 aliphatic heterocycles. The van der Waals surface area contributed by atoms with Crippen LogP contribution >= 0.6 is 0 Å². The molecule has 0 saturated carbocycles. The van der Waals surface area contributed by atoms with Crippen LogP contribution in [0, 0.1) is 6.92 Å². The van der Waals surface area contributed by atoms with Gasteiger partial charge in [-0.25, -0.2) is 4.98 Å². The van der Waals surface area contributed by atoms with Crippen molar-refractivity contribution in [3.63, 3.8) is 0 Å². The first kappa shape index (κ1) is 13.4. The van der Waals surface area contributed by atoms with Crippen LogP contribution in [0.25, 0.3) is 0 Å². The lowest BCUT2D eigenvalue weighted by molar-refractivity contribution is 0.373. The van der Waals surface area contributed by atoms with Crippen LogP contribution in [0.2, 0.25) is 0 Å². The van der Waals surface area contributed by atoms with Gasteiger partial charge in [0.05, 0.1) is 12.8 Å². The van der Waals surface area contributed by atoms with Crippen molar-refractivity contribution in [2.45, 2.75) is 13.5 Å². The van der Waals surface area contributed by atoms with Crippen LogP contribution in [0.5, 0.6) is 17.4 Å². The molecule has 0 atom stereocenters. The molecule has 0 amide bonds. The van der Waals surface area contributed by atoms with Crippen LogP contribution in [0.4, 0.5) is 0 Å². The quantitative estimate of drug-likeness (QED) is 0.895. The SMILES string of the molecule is CNCc1cccc(Oc2ccc(C)cc2OC)n1. The summed E-state index contributed by atoms with van der Waals surface area (Å²) in [6.45, 7) is 2.72. The molecule has 19 heavy (non-hydrogen) atoms. The number of nitrogens with zero attached hydrogens (tertiary/aromatic N) is 1. The molecule has 100 valence electrons. The highest BCUT2D eigenvalue weighted by molar-refractivity contribution is 5.44. The van der Waals surface area contributed by atoms with E-state index in [0.29, 0.717) is 23.9 Å². The van der Waals surface area contributed by atoms with Crippen molar-refractivity contribution in [1.82, 2.24) is 10.3 Å². The Labute approximate surface area is 113 Å². The number of nitrogens with one attached hydrogen (secondary N) is 1. The van der Waals surface area contributed by atoms with E-state index in [9.17, 15) is 0 Å². The summed E-state index contributed by atoms with van der Waals surface area (Å²) in [7, 11) is 3.52. The maximum absolute atomic E-state index is 5.78. The topological polar surface area (TPSA) is 43.4 Å². The van der Waals surface area contributed by atoms with Gasteiger partial charge < -0.3 is 14.8 Å². The minimum atomic E-state index is 0.565. The van der Waals surface area contributed by atoms with Gasteiger partial charge in [0.1, 0.15) is 0 Å². The second-order valence-electron chi connectivity index (χ2n) is 4.25. The summed E-state index contributed by atoms with van der Waals surface area (Å²) in [5.41, 5.74) is 2.06. The second-order valence-corrected chi connectivity index (χ2v) is 4.25. The number of benzene rings is 1. The van der Waals surface area contributed by atoms with E-state index in [0.717, 1.165) is 11.3 Å². The van der Waals surface area contributed by atoms with Gasteiger partial charge in [0.15, 0.2) is 11.5 Å². The van der Waals surface area contributed by atoms with E-state index in [2.05, 4.69) is 10.3 Å². The van der Waals surface area contributed by atoms with Crippen molar-refractivity contribution in [2.75, 3.05) is 14.2 Å². The number of methoxy groups -OCH3 is 1. The third kappa shape index (κ3) is 3.45. The van der Waals surface area contributed by atoms with E-state index in [1.165, 1.54) is 0 Å². The highest BCUT2D eigenvalue weighted by Gasteiger charge is 2.07. The molecular formula is C15H18N2O2. The third-order valence-corrected chi connectivity index (χ3v) is 2.67. The van der Waals surface area contributed by atoms with E-state index in [1.807, 2.05) is 50.4 Å². The fourth-order valence-electron chi connectivity index (χ4n) is 1.77. The molecule has 0 unspecified atom stereocenters. The van der Waals surface area contributed by atoms with E-state index in [1.54, 1.807) is 7.11 Å². The molecule has 4 heteroatoms. The van der Waals surface area contributed by atoms with E-state index in [4.69, 9.17) is 9.47 Å². The van der Waals surface area contributed by atoms with Crippen molar-refractivity contribution in [1.29, 1.82) is 0 Å². The summed E-state index contributed by atoms with van der Waals surface area (Å²) in [6, 6.07) is 11.5. The molecule has 0 fully saturated rings. The van der Waals surface area contributed by atoms with Crippen LogP contribution in [0.15, 0.2) is 36.4 Å².